The zero-order valence-corrected chi connectivity index (χ0v) is 8.39. The van der Waals surface area contributed by atoms with Gasteiger partial charge in [-0.05, 0) is 34.6 Å². The second kappa shape index (κ2) is 2.76. The van der Waals surface area contributed by atoms with E-state index in [4.69, 9.17) is 9.78 Å². The molecule has 1 saturated heterocycles. The van der Waals surface area contributed by atoms with Crippen molar-refractivity contribution in [1.29, 1.82) is 0 Å². The summed E-state index contributed by atoms with van der Waals surface area (Å²) >= 11 is 0. The Morgan fingerprint density at radius 2 is 1.42 bits per heavy atom. The molecule has 12 heavy (non-hydrogen) atoms. The van der Waals surface area contributed by atoms with Crippen LogP contribution in [0.5, 0.6) is 0 Å². The number of rotatable bonds is 1. The molecule has 0 bridgehead atoms. The Balaban J connectivity index is 2.62. The minimum Gasteiger partial charge on any atom is -0.197 e. The molecule has 1 fully saturated rings. The Bertz CT molecular complexity index is 220. The normalized spacial score (nSPS) is 18.4. The van der Waals surface area contributed by atoms with Gasteiger partial charge in [0.2, 0.25) is 6.29 Å². The summed E-state index contributed by atoms with van der Waals surface area (Å²) in [6, 6.07) is 0. The first kappa shape index (κ1) is 9.57. The molecule has 1 aliphatic heterocycles. The summed E-state index contributed by atoms with van der Waals surface area (Å²) in [5, 5.41) is 0. The lowest BCUT2D eigenvalue weighted by Crippen LogP contribution is -2.17. The highest BCUT2D eigenvalue weighted by atomic mass is 17.4. The van der Waals surface area contributed by atoms with Crippen molar-refractivity contribution < 1.29 is 9.78 Å². The molecular weight excluding hydrogens is 152 g/mol. The molecule has 2 nitrogen and oxygen atoms in total. The van der Waals surface area contributed by atoms with E-state index in [1.165, 1.54) is 0 Å². The quantitative estimate of drug-likeness (QED) is 0.341. The molecule has 0 aromatic heterocycles. The standard InChI is InChI=1S/C10H16O2/c1-9(2,3)6-7-10(4,5)8-11-12-8/h8H,1-5H3. The largest absolute Gasteiger partial charge is 0.240 e. The molecular formula is C10H16O2. The highest BCUT2D eigenvalue weighted by molar-refractivity contribution is 5.15. The summed E-state index contributed by atoms with van der Waals surface area (Å²) in [5.74, 6) is 6.33. The molecule has 0 amide bonds. The Morgan fingerprint density at radius 3 is 1.75 bits per heavy atom. The van der Waals surface area contributed by atoms with Crippen LogP contribution < -0.4 is 0 Å². The lowest BCUT2D eigenvalue weighted by molar-refractivity contribution is 0.0850. The van der Waals surface area contributed by atoms with Crippen molar-refractivity contribution in [3.63, 3.8) is 0 Å². The smallest absolute Gasteiger partial charge is 0.197 e. The summed E-state index contributed by atoms with van der Waals surface area (Å²) in [7, 11) is 0. The van der Waals surface area contributed by atoms with Gasteiger partial charge in [-0.15, -0.1) is 0 Å². The lowest BCUT2D eigenvalue weighted by atomic mass is 9.90. The zero-order chi connectivity index (χ0) is 9.41. The van der Waals surface area contributed by atoms with Gasteiger partial charge < -0.3 is 0 Å². The van der Waals surface area contributed by atoms with E-state index in [0.29, 0.717) is 0 Å². The van der Waals surface area contributed by atoms with E-state index in [0.717, 1.165) is 0 Å². The van der Waals surface area contributed by atoms with Crippen molar-refractivity contribution in [3.05, 3.63) is 0 Å². The Labute approximate surface area is 74.2 Å². The van der Waals surface area contributed by atoms with Crippen molar-refractivity contribution in [3.8, 4) is 11.8 Å². The van der Waals surface area contributed by atoms with E-state index < -0.39 is 0 Å². The average molecular weight is 168 g/mol. The second-order valence-corrected chi connectivity index (χ2v) is 4.75. The van der Waals surface area contributed by atoms with Gasteiger partial charge in [-0.2, -0.15) is 9.78 Å². The van der Waals surface area contributed by atoms with E-state index in [1.807, 2.05) is 13.8 Å². The van der Waals surface area contributed by atoms with Gasteiger partial charge in [0.25, 0.3) is 0 Å². The maximum absolute atomic E-state index is 4.74. The summed E-state index contributed by atoms with van der Waals surface area (Å²) in [6.45, 7) is 10.3. The van der Waals surface area contributed by atoms with Gasteiger partial charge >= 0.3 is 0 Å². The predicted octanol–water partition coefficient (Wildman–Crippen LogP) is 2.35. The van der Waals surface area contributed by atoms with Crippen molar-refractivity contribution in [2.24, 2.45) is 10.8 Å². The van der Waals surface area contributed by atoms with E-state index in [2.05, 4.69) is 32.6 Å². The van der Waals surface area contributed by atoms with E-state index in [-0.39, 0.29) is 17.1 Å². The van der Waals surface area contributed by atoms with Crippen LogP contribution >= 0.6 is 0 Å². The molecule has 0 aromatic carbocycles. The van der Waals surface area contributed by atoms with Crippen LogP contribution in [-0.4, -0.2) is 6.29 Å². The SMILES string of the molecule is CC(C)(C)C#CC(C)(C)C1OO1. The first-order valence-electron chi connectivity index (χ1n) is 4.18. The molecule has 68 valence electrons. The molecule has 0 saturated carbocycles. The average Bonchev–Trinajstić information content (AvgIpc) is 2.62. The maximum atomic E-state index is 4.74. The highest BCUT2D eigenvalue weighted by Gasteiger charge is 2.41. The Hall–Kier alpha value is -0.520. The summed E-state index contributed by atoms with van der Waals surface area (Å²) < 4.78 is 0. The summed E-state index contributed by atoms with van der Waals surface area (Å²) in [4.78, 5) is 9.47. The van der Waals surface area contributed by atoms with Crippen LogP contribution in [0.1, 0.15) is 34.6 Å². The Kier molecular flexibility index (Phi) is 2.20. The highest BCUT2D eigenvalue weighted by Crippen LogP contribution is 2.33. The minimum atomic E-state index is -0.187. The van der Waals surface area contributed by atoms with E-state index in [1.54, 1.807) is 0 Å². The number of hydrogen-bond donors (Lipinski definition) is 0. The summed E-state index contributed by atoms with van der Waals surface area (Å²) in [6.07, 6.45) is -0.132. The molecule has 0 N–H and O–H groups in total. The molecule has 0 aliphatic carbocycles. The second-order valence-electron chi connectivity index (χ2n) is 4.75. The maximum Gasteiger partial charge on any atom is 0.240 e. The van der Waals surface area contributed by atoms with Crippen LogP contribution in [-0.2, 0) is 9.78 Å². The van der Waals surface area contributed by atoms with Crippen LogP contribution in [0.15, 0.2) is 0 Å². The van der Waals surface area contributed by atoms with Gasteiger partial charge in [-0.25, -0.2) is 0 Å². The molecule has 0 aromatic rings. The molecule has 1 rings (SSSR count). The minimum absolute atomic E-state index is 0.0478. The fraction of sp³-hybridized carbons (Fsp3) is 0.800. The molecule has 1 aliphatic rings. The fourth-order valence-electron chi connectivity index (χ4n) is 0.676. The third kappa shape index (κ3) is 2.84. The third-order valence-electron chi connectivity index (χ3n) is 1.54. The van der Waals surface area contributed by atoms with Crippen LogP contribution in [0.2, 0.25) is 0 Å². The van der Waals surface area contributed by atoms with Crippen LogP contribution in [0.3, 0.4) is 0 Å². The van der Waals surface area contributed by atoms with Crippen LogP contribution in [0.4, 0.5) is 0 Å². The molecule has 0 radical (unpaired) electrons. The first-order valence-corrected chi connectivity index (χ1v) is 4.18. The molecule has 2 heteroatoms. The topological polar surface area (TPSA) is 25.1 Å². The van der Waals surface area contributed by atoms with Gasteiger partial charge in [0, 0.05) is 5.41 Å². The summed E-state index contributed by atoms with van der Waals surface area (Å²) in [5.41, 5.74) is -0.139. The molecule has 0 atom stereocenters. The van der Waals surface area contributed by atoms with Crippen molar-refractivity contribution in [2.75, 3.05) is 0 Å². The zero-order valence-electron chi connectivity index (χ0n) is 8.39. The third-order valence-corrected chi connectivity index (χ3v) is 1.54. The predicted molar refractivity (Wildman–Crippen MR) is 47.0 cm³/mol. The van der Waals surface area contributed by atoms with Gasteiger partial charge in [0.15, 0.2) is 0 Å². The van der Waals surface area contributed by atoms with E-state index in [9.17, 15) is 0 Å². The molecule has 1 heterocycles. The first-order chi connectivity index (χ1) is 5.31. The van der Waals surface area contributed by atoms with Crippen LogP contribution in [0.25, 0.3) is 0 Å². The Morgan fingerprint density at radius 1 is 0.917 bits per heavy atom. The van der Waals surface area contributed by atoms with Gasteiger partial charge in [-0.1, -0.05) is 11.8 Å². The molecule has 0 spiro atoms. The van der Waals surface area contributed by atoms with Crippen LogP contribution in [0, 0.1) is 22.7 Å². The monoisotopic (exact) mass is 168 g/mol. The number of hydrogen-bond acceptors (Lipinski definition) is 2. The van der Waals surface area contributed by atoms with Gasteiger partial charge in [0.05, 0.1) is 5.41 Å². The van der Waals surface area contributed by atoms with Crippen molar-refractivity contribution >= 4 is 0 Å². The molecule has 0 unspecified atom stereocenters. The fourth-order valence-corrected chi connectivity index (χ4v) is 0.676. The van der Waals surface area contributed by atoms with Gasteiger partial charge in [0.1, 0.15) is 0 Å². The van der Waals surface area contributed by atoms with E-state index >= 15 is 0 Å². The van der Waals surface area contributed by atoms with Gasteiger partial charge in [-0.3, -0.25) is 0 Å². The lowest BCUT2D eigenvalue weighted by Gasteiger charge is -2.13. The van der Waals surface area contributed by atoms with Crippen molar-refractivity contribution in [1.82, 2.24) is 0 Å². The van der Waals surface area contributed by atoms with Crippen molar-refractivity contribution in [2.45, 2.75) is 40.9 Å².